The molecule has 0 fully saturated rings. The van der Waals surface area contributed by atoms with Gasteiger partial charge < -0.3 is 32.3 Å². The Hall–Kier alpha value is -2.79. The molecule has 1 rings (SSSR count). The lowest BCUT2D eigenvalue weighted by molar-refractivity contribution is -0.143. The molecule has 0 saturated heterocycles. The molecular formula is C16H22N4O6S. The van der Waals surface area contributed by atoms with Gasteiger partial charge in [0.2, 0.25) is 17.7 Å². The molecule has 0 bridgehead atoms. The molecule has 0 saturated carbocycles. The molecule has 27 heavy (non-hydrogen) atoms. The first-order valence-corrected chi connectivity index (χ1v) is 8.53. The number of carboxylic acids is 1. The number of thiol groups is 1. The summed E-state index contributed by atoms with van der Waals surface area (Å²) in [6.07, 6.45) is -0.600. The van der Waals surface area contributed by atoms with Crippen LogP contribution >= 0.6 is 12.6 Å². The SMILES string of the molecule is NC(=O)C[C@H](NC(=O)[C@H](Cc1ccc(O)cc1)NC(=O)[C@@H](N)CS)C(=O)O. The van der Waals surface area contributed by atoms with E-state index in [2.05, 4.69) is 23.3 Å². The highest BCUT2D eigenvalue weighted by molar-refractivity contribution is 7.80. The van der Waals surface area contributed by atoms with Gasteiger partial charge in [-0.15, -0.1) is 0 Å². The highest BCUT2D eigenvalue weighted by Gasteiger charge is 2.28. The topological polar surface area (TPSA) is 185 Å². The van der Waals surface area contributed by atoms with Crippen LogP contribution < -0.4 is 22.1 Å². The second-order valence-corrected chi connectivity index (χ2v) is 6.16. The molecule has 0 unspecified atom stereocenters. The molecule has 0 aliphatic carbocycles. The van der Waals surface area contributed by atoms with Crippen molar-refractivity contribution < 1.29 is 29.4 Å². The van der Waals surface area contributed by atoms with Gasteiger partial charge in [0.05, 0.1) is 12.5 Å². The molecular weight excluding hydrogens is 376 g/mol. The van der Waals surface area contributed by atoms with E-state index in [0.29, 0.717) is 5.56 Å². The van der Waals surface area contributed by atoms with Crippen LogP contribution in [0.2, 0.25) is 0 Å². The van der Waals surface area contributed by atoms with Crippen LogP contribution in [0.15, 0.2) is 24.3 Å². The lowest BCUT2D eigenvalue weighted by Crippen LogP contribution is -2.56. The molecule has 0 aromatic heterocycles. The van der Waals surface area contributed by atoms with Crippen molar-refractivity contribution >= 4 is 36.3 Å². The van der Waals surface area contributed by atoms with Crippen LogP contribution in [0, 0.1) is 0 Å². The second-order valence-electron chi connectivity index (χ2n) is 5.79. The molecule has 148 valence electrons. The third kappa shape index (κ3) is 7.54. The number of hydrogen-bond acceptors (Lipinski definition) is 7. The molecule has 0 aliphatic heterocycles. The number of nitrogens with two attached hydrogens (primary N) is 2. The monoisotopic (exact) mass is 398 g/mol. The number of carbonyl (C=O) groups excluding carboxylic acids is 3. The Kier molecular flexibility index (Phi) is 8.56. The van der Waals surface area contributed by atoms with Crippen molar-refractivity contribution in [2.24, 2.45) is 11.5 Å². The van der Waals surface area contributed by atoms with Crippen LogP contribution in [0.1, 0.15) is 12.0 Å². The first-order valence-electron chi connectivity index (χ1n) is 7.90. The summed E-state index contributed by atoms with van der Waals surface area (Å²) in [6.45, 7) is 0. The predicted octanol–water partition coefficient (Wildman–Crippen LogP) is -1.88. The number of aromatic hydroxyl groups is 1. The molecule has 1 aromatic carbocycles. The van der Waals surface area contributed by atoms with E-state index >= 15 is 0 Å². The number of benzene rings is 1. The molecule has 0 heterocycles. The lowest BCUT2D eigenvalue weighted by atomic mass is 10.0. The van der Waals surface area contributed by atoms with E-state index in [-0.39, 0.29) is 17.9 Å². The van der Waals surface area contributed by atoms with Crippen molar-refractivity contribution in [3.05, 3.63) is 29.8 Å². The minimum Gasteiger partial charge on any atom is -0.508 e. The van der Waals surface area contributed by atoms with Crippen molar-refractivity contribution in [3.63, 3.8) is 0 Å². The number of phenols is 1. The minimum absolute atomic E-state index is 0.0000548. The summed E-state index contributed by atoms with van der Waals surface area (Å²) >= 11 is 3.92. The van der Waals surface area contributed by atoms with Gasteiger partial charge in [0.1, 0.15) is 17.8 Å². The number of rotatable bonds is 10. The van der Waals surface area contributed by atoms with Crippen molar-refractivity contribution in [2.75, 3.05) is 5.75 Å². The largest absolute Gasteiger partial charge is 0.508 e. The van der Waals surface area contributed by atoms with E-state index in [1.807, 2.05) is 0 Å². The van der Waals surface area contributed by atoms with Crippen LogP contribution in [-0.2, 0) is 25.6 Å². The fourth-order valence-electron chi connectivity index (χ4n) is 2.11. The number of primary amides is 1. The highest BCUT2D eigenvalue weighted by atomic mass is 32.1. The Bertz CT molecular complexity index is 697. The molecule has 3 amide bonds. The van der Waals surface area contributed by atoms with Gasteiger partial charge in [0.25, 0.3) is 0 Å². The predicted molar refractivity (Wildman–Crippen MR) is 98.9 cm³/mol. The summed E-state index contributed by atoms with van der Waals surface area (Å²) in [7, 11) is 0. The number of aliphatic carboxylic acids is 1. The van der Waals surface area contributed by atoms with Crippen molar-refractivity contribution in [1.82, 2.24) is 10.6 Å². The quantitative estimate of drug-likeness (QED) is 0.225. The fourth-order valence-corrected chi connectivity index (χ4v) is 2.28. The zero-order valence-corrected chi connectivity index (χ0v) is 15.2. The number of carbonyl (C=O) groups is 4. The van der Waals surface area contributed by atoms with Gasteiger partial charge in [0, 0.05) is 12.2 Å². The Morgan fingerprint density at radius 2 is 1.59 bits per heavy atom. The Labute approximate surface area is 160 Å². The van der Waals surface area contributed by atoms with E-state index in [4.69, 9.17) is 16.6 Å². The fraction of sp³-hybridized carbons (Fsp3) is 0.375. The Morgan fingerprint density at radius 1 is 1.04 bits per heavy atom. The van der Waals surface area contributed by atoms with Crippen LogP contribution in [0.4, 0.5) is 0 Å². The van der Waals surface area contributed by atoms with Gasteiger partial charge in [-0.3, -0.25) is 14.4 Å². The second kappa shape index (κ2) is 10.4. The summed E-state index contributed by atoms with van der Waals surface area (Å²) in [5.41, 5.74) is 11.2. The minimum atomic E-state index is -1.53. The maximum absolute atomic E-state index is 12.5. The zero-order valence-electron chi connectivity index (χ0n) is 14.3. The molecule has 0 spiro atoms. The number of phenolic OH excluding ortho intramolecular Hbond substituents is 1. The summed E-state index contributed by atoms with van der Waals surface area (Å²) in [5.74, 6) is -3.75. The maximum atomic E-state index is 12.5. The van der Waals surface area contributed by atoms with E-state index in [9.17, 15) is 24.3 Å². The van der Waals surface area contributed by atoms with Gasteiger partial charge in [0.15, 0.2) is 0 Å². The molecule has 0 aliphatic rings. The molecule has 0 radical (unpaired) electrons. The average molecular weight is 398 g/mol. The molecule has 11 heteroatoms. The van der Waals surface area contributed by atoms with Gasteiger partial charge in [-0.25, -0.2) is 4.79 Å². The third-order valence-corrected chi connectivity index (χ3v) is 3.96. The number of amides is 3. The summed E-state index contributed by atoms with van der Waals surface area (Å²) in [4.78, 5) is 46.7. The van der Waals surface area contributed by atoms with Crippen LogP contribution in [-0.4, -0.2) is 57.8 Å². The number of hydrogen-bond donors (Lipinski definition) is 7. The zero-order chi connectivity index (χ0) is 20.6. The molecule has 1 aromatic rings. The van der Waals surface area contributed by atoms with E-state index in [0.717, 1.165) is 0 Å². The van der Waals surface area contributed by atoms with Crippen molar-refractivity contribution in [1.29, 1.82) is 0 Å². The van der Waals surface area contributed by atoms with Gasteiger partial charge in [-0.1, -0.05) is 12.1 Å². The van der Waals surface area contributed by atoms with Gasteiger partial charge in [-0.05, 0) is 17.7 Å². The van der Waals surface area contributed by atoms with Crippen molar-refractivity contribution in [2.45, 2.75) is 31.0 Å². The number of nitrogens with one attached hydrogen (secondary N) is 2. The molecule has 10 nitrogen and oxygen atoms in total. The average Bonchev–Trinajstić information content (AvgIpc) is 2.60. The van der Waals surface area contributed by atoms with Gasteiger partial charge in [-0.2, -0.15) is 12.6 Å². The normalized spacial score (nSPS) is 13.9. The summed E-state index contributed by atoms with van der Waals surface area (Å²) in [5, 5.41) is 23.1. The van der Waals surface area contributed by atoms with Gasteiger partial charge >= 0.3 is 5.97 Å². The summed E-state index contributed by atoms with van der Waals surface area (Å²) < 4.78 is 0. The standard InChI is InChI=1S/C16H22N4O6S/c17-10(7-27)14(23)19-11(5-8-1-3-9(21)4-2-8)15(24)20-12(16(25)26)6-13(18)22/h1-4,10-12,21,27H,5-7,17H2,(H2,18,22)(H,19,23)(H,20,24)(H,25,26)/t10-,11-,12-/m0/s1. The third-order valence-electron chi connectivity index (χ3n) is 3.56. The van der Waals surface area contributed by atoms with E-state index in [1.165, 1.54) is 12.1 Å². The first kappa shape index (κ1) is 22.3. The van der Waals surface area contributed by atoms with Crippen LogP contribution in [0.25, 0.3) is 0 Å². The first-order chi connectivity index (χ1) is 12.6. The lowest BCUT2D eigenvalue weighted by Gasteiger charge is -2.22. The Balaban J connectivity index is 2.97. The van der Waals surface area contributed by atoms with E-state index in [1.54, 1.807) is 12.1 Å². The van der Waals surface area contributed by atoms with E-state index < -0.39 is 48.2 Å². The Morgan fingerprint density at radius 3 is 2.07 bits per heavy atom. The van der Waals surface area contributed by atoms with Crippen LogP contribution in [0.3, 0.4) is 0 Å². The summed E-state index contributed by atoms with van der Waals surface area (Å²) in [6, 6.07) is 2.22. The maximum Gasteiger partial charge on any atom is 0.326 e. The van der Waals surface area contributed by atoms with Crippen molar-refractivity contribution in [3.8, 4) is 5.75 Å². The van der Waals surface area contributed by atoms with Crippen LogP contribution in [0.5, 0.6) is 5.75 Å². The smallest absolute Gasteiger partial charge is 0.326 e. The molecule has 8 N–H and O–H groups in total. The number of carboxylic acid groups (broad SMARTS) is 1. The molecule has 3 atom stereocenters. The highest BCUT2D eigenvalue weighted by Crippen LogP contribution is 2.12.